The lowest BCUT2D eigenvalue weighted by Crippen LogP contribution is -2.22. The van der Waals surface area contributed by atoms with Crippen LogP contribution in [0.4, 0.5) is 0 Å². The number of hydrogen-bond donors (Lipinski definition) is 0. The Morgan fingerprint density at radius 2 is 2.00 bits per heavy atom. The van der Waals surface area contributed by atoms with Gasteiger partial charge in [0.2, 0.25) is 0 Å². The van der Waals surface area contributed by atoms with Crippen molar-refractivity contribution in [2.75, 3.05) is 0 Å². The molecule has 0 aliphatic rings. The van der Waals surface area contributed by atoms with Crippen molar-refractivity contribution in [2.24, 2.45) is 12.1 Å². The van der Waals surface area contributed by atoms with Gasteiger partial charge in [-0.25, -0.2) is 4.98 Å². The Labute approximate surface area is 165 Å². The number of benzene rings is 2. The van der Waals surface area contributed by atoms with E-state index in [2.05, 4.69) is 49.6 Å². The molecule has 0 unspecified atom stereocenters. The average Bonchev–Trinajstić information content (AvgIpc) is 2.99. The average molecular weight is 423 g/mol. The van der Waals surface area contributed by atoms with Gasteiger partial charge in [-0.1, -0.05) is 41.1 Å². The molecule has 0 atom stereocenters. The quantitative estimate of drug-likeness (QED) is 0.455. The van der Waals surface area contributed by atoms with Crippen molar-refractivity contribution in [3.63, 3.8) is 0 Å². The van der Waals surface area contributed by atoms with Gasteiger partial charge in [-0.2, -0.15) is 9.78 Å². The summed E-state index contributed by atoms with van der Waals surface area (Å²) in [6.07, 6.45) is 5.34. The molecule has 0 radical (unpaired) electrons. The predicted molar refractivity (Wildman–Crippen MR) is 114 cm³/mol. The number of rotatable bonds is 4. The second-order valence-electron chi connectivity index (χ2n) is 6.51. The van der Waals surface area contributed by atoms with Gasteiger partial charge in [0.05, 0.1) is 17.1 Å². The molecule has 0 aliphatic carbocycles. The molecule has 0 aliphatic heterocycles. The maximum atomic E-state index is 13.0. The fourth-order valence-electron chi connectivity index (χ4n) is 3.30. The fraction of sp³-hybridized carbons (Fsp3) is 0.190. The Hall–Kier alpha value is -2.73. The molecule has 0 spiro atoms. The van der Waals surface area contributed by atoms with Gasteiger partial charge in [0.25, 0.3) is 5.56 Å². The van der Waals surface area contributed by atoms with Gasteiger partial charge >= 0.3 is 0 Å². The molecule has 0 saturated heterocycles. The lowest BCUT2D eigenvalue weighted by Gasteiger charge is -2.08. The van der Waals surface area contributed by atoms with Crippen LogP contribution in [0.1, 0.15) is 24.7 Å². The summed E-state index contributed by atoms with van der Waals surface area (Å²) in [5, 5.41) is 6.18. The van der Waals surface area contributed by atoms with Crippen LogP contribution in [0.5, 0.6) is 0 Å². The normalized spacial score (nSPS) is 11.8. The zero-order valence-corrected chi connectivity index (χ0v) is 16.8. The summed E-state index contributed by atoms with van der Waals surface area (Å²) in [4.78, 5) is 17.7. The van der Waals surface area contributed by atoms with Crippen LogP contribution in [-0.4, -0.2) is 20.4 Å². The molecule has 4 rings (SSSR count). The zero-order valence-electron chi connectivity index (χ0n) is 15.2. The number of hydrogen-bond acceptors (Lipinski definition) is 3. The van der Waals surface area contributed by atoms with E-state index >= 15 is 0 Å². The predicted octanol–water partition coefficient (Wildman–Crippen LogP) is 4.49. The van der Waals surface area contributed by atoms with Crippen LogP contribution in [0, 0.1) is 0 Å². The molecule has 0 amide bonds. The first kappa shape index (κ1) is 17.7. The topological polar surface area (TPSA) is 52.2 Å². The smallest absolute Gasteiger partial charge is 0.282 e. The lowest BCUT2D eigenvalue weighted by atomic mass is 10.2. The highest BCUT2D eigenvalue weighted by molar-refractivity contribution is 9.10. The van der Waals surface area contributed by atoms with Gasteiger partial charge < -0.3 is 4.57 Å². The van der Waals surface area contributed by atoms with Gasteiger partial charge in [0.1, 0.15) is 5.82 Å². The van der Waals surface area contributed by atoms with E-state index in [0.29, 0.717) is 23.1 Å². The Kier molecular flexibility index (Phi) is 4.66. The van der Waals surface area contributed by atoms with E-state index < -0.39 is 0 Å². The van der Waals surface area contributed by atoms with Crippen molar-refractivity contribution in [1.29, 1.82) is 0 Å². The Balaban J connectivity index is 1.89. The SMILES string of the molecule is CCCc1nc2ccc(Br)cc2c(=O)n1N=Cc1cn(C)c2ccccc12. The standard InChI is InChI=1S/C21H19BrN4O/c1-3-6-20-24-18-10-9-15(22)11-17(18)21(27)26(20)23-12-14-13-25(2)19-8-5-4-7-16(14)19/h4-5,7-13H,3,6H2,1-2H3. The third-order valence-corrected chi connectivity index (χ3v) is 5.08. The number of halogens is 1. The molecule has 0 N–H and O–H groups in total. The summed E-state index contributed by atoms with van der Waals surface area (Å²) in [7, 11) is 2.00. The molecule has 2 aromatic heterocycles. The van der Waals surface area contributed by atoms with Crippen molar-refractivity contribution >= 4 is 44.0 Å². The van der Waals surface area contributed by atoms with Crippen LogP contribution in [0.2, 0.25) is 0 Å². The van der Waals surface area contributed by atoms with Crippen LogP contribution in [0.3, 0.4) is 0 Å². The molecule has 6 heteroatoms. The first-order chi connectivity index (χ1) is 13.1. The molecular weight excluding hydrogens is 404 g/mol. The summed E-state index contributed by atoms with van der Waals surface area (Å²) in [6.45, 7) is 2.07. The van der Waals surface area contributed by atoms with Crippen LogP contribution in [0.15, 0.2) is 63.0 Å². The molecule has 27 heavy (non-hydrogen) atoms. The monoisotopic (exact) mass is 422 g/mol. The van der Waals surface area contributed by atoms with Crippen molar-refractivity contribution in [3.05, 3.63) is 74.9 Å². The molecule has 5 nitrogen and oxygen atoms in total. The molecule has 0 saturated carbocycles. The molecule has 4 aromatic rings. The number of fused-ring (bicyclic) bond motifs is 2. The largest absolute Gasteiger partial charge is 0.350 e. The summed E-state index contributed by atoms with van der Waals surface area (Å²) >= 11 is 3.43. The van der Waals surface area contributed by atoms with E-state index in [4.69, 9.17) is 0 Å². The third kappa shape index (κ3) is 3.21. The van der Waals surface area contributed by atoms with E-state index in [0.717, 1.165) is 27.4 Å². The summed E-state index contributed by atoms with van der Waals surface area (Å²) in [5.41, 5.74) is 2.64. The van der Waals surface area contributed by atoms with Crippen LogP contribution >= 0.6 is 15.9 Å². The minimum Gasteiger partial charge on any atom is -0.350 e. The molecule has 2 heterocycles. The highest BCUT2D eigenvalue weighted by Gasteiger charge is 2.11. The summed E-state index contributed by atoms with van der Waals surface area (Å²) < 4.78 is 4.34. The fourth-order valence-corrected chi connectivity index (χ4v) is 3.66. The van der Waals surface area contributed by atoms with E-state index in [1.807, 2.05) is 37.5 Å². The van der Waals surface area contributed by atoms with E-state index in [-0.39, 0.29) is 5.56 Å². The molecule has 2 aromatic carbocycles. The minimum atomic E-state index is -0.152. The maximum Gasteiger partial charge on any atom is 0.282 e. The summed E-state index contributed by atoms with van der Waals surface area (Å²) in [6, 6.07) is 13.7. The van der Waals surface area contributed by atoms with Crippen LogP contribution < -0.4 is 5.56 Å². The molecule has 136 valence electrons. The Morgan fingerprint density at radius 3 is 2.81 bits per heavy atom. The molecule has 0 bridgehead atoms. The molecule has 0 fully saturated rings. The minimum absolute atomic E-state index is 0.152. The Bertz CT molecular complexity index is 1240. The third-order valence-electron chi connectivity index (χ3n) is 4.59. The zero-order chi connectivity index (χ0) is 19.0. The highest BCUT2D eigenvalue weighted by atomic mass is 79.9. The first-order valence-electron chi connectivity index (χ1n) is 8.88. The van der Waals surface area contributed by atoms with Crippen LogP contribution in [0.25, 0.3) is 21.8 Å². The second-order valence-corrected chi connectivity index (χ2v) is 7.43. The number of aromatic nitrogens is 3. The van der Waals surface area contributed by atoms with E-state index in [1.54, 1.807) is 12.3 Å². The van der Waals surface area contributed by atoms with Crippen molar-refractivity contribution in [2.45, 2.75) is 19.8 Å². The number of nitrogens with zero attached hydrogens (tertiary/aromatic N) is 4. The highest BCUT2D eigenvalue weighted by Crippen LogP contribution is 2.19. The number of para-hydroxylation sites is 1. The first-order valence-corrected chi connectivity index (χ1v) is 9.67. The molecular formula is C21H19BrN4O. The van der Waals surface area contributed by atoms with Gasteiger partial charge in [-0.15, -0.1) is 0 Å². The lowest BCUT2D eigenvalue weighted by molar-refractivity contribution is 0.704. The van der Waals surface area contributed by atoms with Crippen LogP contribution in [-0.2, 0) is 13.5 Å². The van der Waals surface area contributed by atoms with E-state index in [9.17, 15) is 4.79 Å². The van der Waals surface area contributed by atoms with Gasteiger partial charge in [-0.3, -0.25) is 4.79 Å². The van der Waals surface area contributed by atoms with Crippen molar-refractivity contribution in [3.8, 4) is 0 Å². The Morgan fingerprint density at radius 1 is 1.19 bits per heavy atom. The van der Waals surface area contributed by atoms with Gasteiger partial charge in [-0.05, 0) is 30.7 Å². The van der Waals surface area contributed by atoms with Crippen molar-refractivity contribution in [1.82, 2.24) is 14.2 Å². The van der Waals surface area contributed by atoms with Crippen molar-refractivity contribution < 1.29 is 0 Å². The summed E-state index contributed by atoms with van der Waals surface area (Å²) in [5.74, 6) is 0.675. The van der Waals surface area contributed by atoms with Gasteiger partial charge in [0, 0.05) is 40.6 Å². The maximum absolute atomic E-state index is 13.0. The van der Waals surface area contributed by atoms with E-state index in [1.165, 1.54) is 4.68 Å². The number of aryl methyl sites for hydroxylation is 2. The van der Waals surface area contributed by atoms with Gasteiger partial charge in [0.15, 0.2) is 0 Å². The second kappa shape index (κ2) is 7.12.